The third kappa shape index (κ3) is 5.07. The Labute approximate surface area is 188 Å². The van der Waals surface area contributed by atoms with Crippen molar-refractivity contribution in [2.75, 3.05) is 5.32 Å². The Morgan fingerprint density at radius 1 is 1.06 bits per heavy atom. The first-order valence-electron chi connectivity index (χ1n) is 10.1. The van der Waals surface area contributed by atoms with Crippen molar-refractivity contribution in [3.05, 3.63) is 87.7 Å². The summed E-state index contributed by atoms with van der Waals surface area (Å²) in [6, 6.07) is 19.3. The Balaban J connectivity index is 1.91. The minimum atomic E-state index is -0.454. The van der Waals surface area contributed by atoms with Crippen LogP contribution in [0.3, 0.4) is 0 Å². The number of rotatable bonds is 4. The van der Waals surface area contributed by atoms with Gasteiger partial charge in [0.15, 0.2) is 0 Å². The van der Waals surface area contributed by atoms with Gasteiger partial charge in [-0.1, -0.05) is 44.5 Å². The second-order valence-electron chi connectivity index (χ2n) is 8.59. The lowest BCUT2D eigenvalue weighted by Crippen LogP contribution is -2.13. The van der Waals surface area contributed by atoms with Crippen molar-refractivity contribution in [3.63, 3.8) is 0 Å². The van der Waals surface area contributed by atoms with Gasteiger partial charge in [0, 0.05) is 27.8 Å². The molecule has 0 radical (unpaired) electrons. The third-order valence-electron chi connectivity index (χ3n) is 5.23. The van der Waals surface area contributed by atoms with Crippen LogP contribution in [-0.2, 0) is 10.2 Å². The predicted molar refractivity (Wildman–Crippen MR) is 128 cm³/mol. The predicted octanol–water partition coefficient (Wildman–Crippen LogP) is 6.59. The molecule has 0 spiro atoms. The largest absolute Gasteiger partial charge is 0.321 e. The van der Waals surface area contributed by atoms with E-state index in [1.807, 2.05) is 26.0 Å². The molecule has 0 saturated heterocycles. The van der Waals surface area contributed by atoms with Crippen molar-refractivity contribution in [2.45, 2.75) is 40.0 Å². The zero-order valence-electron chi connectivity index (χ0n) is 18.5. The minimum Gasteiger partial charge on any atom is -0.321 e. The number of aryl methyl sites for hydroxylation is 1. The number of nitrogens with zero attached hydrogens (tertiary/aromatic N) is 2. The highest BCUT2D eigenvalue weighted by Crippen LogP contribution is 2.27. The molecule has 1 heterocycles. The van der Waals surface area contributed by atoms with E-state index in [9.17, 15) is 10.1 Å². The van der Waals surface area contributed by atoms with E-state index >= 15 is 0 Å². The molecule has 3 rings (SSSR count). The summed E-state index contributed by atoms with van der Waals surface area (Å²) in [7, 11) is 0. The second-order valence-corrected chi connectivity index (χ2v) is 9.03. The summed E-state index contributed by atoms with van der Waals surface area (Å²) < 4.78 is 2.13. The van der Waals surface area contributed by atoms with Crippen LogP contribution in [0.25, 0.3) is 11.8 Å². The number of carbonyl (C=O) groups excluding carboxylic acids is 1. The summed E-state index contributed by atoms with van der Waals surface area (Å²) in [6.45, 7) is 10.6. The van der Waals surface area contributed by atoms with Gasteiger partial charge in [0.25, 0.3) is 5.91 Å². The van der Waals surface area contributed by atoms with Crippen molar-refractivity contribution in [2.24, 2.45) is 0 Å². The molecule has 158 valence electrons. The monoisotopic (exact) mass is 431 g/mol. The van der Waals surface area contributed by atoms with Gasteiger partial charge in [-0.3, -0.25) is 4.79 Å². The smallest absolute Gasteiger partial charge is 0.266 e. The van der Waals surface area contributed by atoms with Crippen LogP contribution in [0.1, 0.15) is 43.3 Å². The Hall–Kier alpha value is -3.29. The van der Waals surface area contributed by atoms with Gasteiger partial charge < -0.3 is 9.88 Å². The van der Waals surface area contributed by atoms with Gasteiger partial charge in [0.1, 0.15) is 11.6 Å². The minimum absolute atomic E-state index is 0.0401. The molecule has 0 saturated carbocycles. The van der Waals surface area contributed by atoms with Gasteiger partial charge in [-0.05, 0) is 78.9 Å². The van der Waals surface area contributed by atoms with Gasteiger partial charge in [-0.15, -0.1) is 0 Å². The van der Waals surface area contributed by atoms with Crippen molar-refractivity contribution in [3.8, 4) is 11.8 Å². The lowest BCUT2D eigenvalue weighted by Gasteiger charge is -2.20. The summed E-state index contributed by atoms with van der Waals surface area (Å²) in [5.41, 5.74) is 5.86. The molecule has 1 amide bonds. The normalized spacial score (nSPS) is 11.8. The molecule has 0 unspecified atom stereocenters. The summed E-state index contributed by atoms with van der Waals surface area (Å²) in [6.07, 6.45) is 1.63. The van der Waals surface area contributed by atoms with E-state index in [-0.39, 0.29) is 11.0 Å². The van der Waals surface area contributed by atoms with E-state index in [4.69, 9.17) is 11.6 Å². The lowest BCUT2D eigenvalue weighted by molar-refractivity contribution is -0.112. The molecule has 31 heavy (non-hydrogen) atoms. The molecule has 0 aliphatic carbocycles. The Morgan fingerprint density at radius 3 is 2.23 bits per heavy atom. The maximum absolute atomic E-state index is 12.6. The van der Waals surface area contributed by atoms with Crippen LogP contribution in [0.5, 0.6) is 0 Å². The van der Waals surface area contributed by atoms with E-state index < -0.39 is 5.91 Å². The molecule has 3 aromatic rings. The lowest BCUT2D eigenvalue weighted by atomic mass is 9.87. The van der Waals surface area contributed by atoms with Crippen LogP contribution in [0.4, 0.5) is 5.69 Å². The van der Waals surface area contributed by atoms with Gasteiger partial charge in [0.05, 0.1) is 0 Å². The molecule has 2 aromatic carbocycles. The van der Waals surface area contributed by atoms with Crippen molar-refractivity contribution < 1.29 is 4.79 Å². The standard InChI is InChI=1S/C26H26ClN3O/c1-17-14-19(15-20(16-28)25(31)29-23-10-8-22(27)9-11-23)18(2)30(17)24-12-6-21(7-13-24)26(3,4)5/h6-15H,1-5H3,(H,29,31)/b20-15-. The summed E-state index contributed by atoms with van der Waals surface area (Å²) in [5.74, 6) is -0.454. The fourth-order valence-corrected chi connectivity index (χ4v) is 3.60. The van der Waals surface area contributed by atoms with Crippen molar-refractivity contribution in [1.82, 2.24) is 4.57 Å². The summed E-state index contributed by atoms with van der Waals surface area (Å²) in [4.78, 5) is 12.6. The average Bonchev–Trinajstić information content (AvgIpc) is 3.00. The zero-order chi connectivity index (χ0) is 22.8. The molecule has 1 aromatic heterocycles. The zero-order valence-corrected chi connectivity index (χ0v) is 19.2. The van der Waals surface area contributed by atoms with Crippen molar-refractivity contribution in [1.29, 1.82) is 5.26 Å². The first kappa shape index (κ1) is 22.4. The number of carbonyl (C=O) groups is 1. The fourth-order valence-electron chi connectivity index (χ4n) is 3.48. The third-order valence-corrected chi connectivity index (χ3v) is 5.48. The number of benzene rings is 2. The molecule has 4 nitrogen and oxygen atoms in total. The maximum Gasteiger partial charge on any atom is 0.266 e. The first-order valence-corrected chi connectivity index (χ1v) is 10.5. The molecule has 0 aliphatic heterocycles. The summed E-state index contributed by atoms with van der Waals surface area (Å²) >= 11 is 5.88. The fraction of sp³-hybridized carbons (Fsp3) is 0.231. The first-order chi connectivity index (χ1) is 14.6. The highest BCUT2D eigenvalue weighted by Gasteiger charge is 2.16. The highest BCUT2D eigenvalue weighted by molar-refractivity contribution is 6.30. The van der Waals surface area contributed by atoms with E-state index in [0.29, 0.717) is 10.7 Å². The van der Waals surface area contributed by atoms with Crippen LogP contribution in [0.2, 0.25) is 5.02 Å². The van der Waals surface area contributed by atoms with Gasteiger partial charge in [-0.25, -0.2) is 0 Å². The molecule has 0 aliphatic rings. The van der Waals surface area contributed by atoms with Crippen LogP contribution in [-0.4, -0.2) is 10.5 Å². The SMILES string of the molecule is Cc1cc(/C=C(/C#N)C(=O)Nc2ccc(Cl)cc2)c(C)n1-c1ccc(C(C)(C)C)cc1. The topological polar surface area (TPSA) is 57.8 Å². The number of aromatic nitrogens is 1. The van der Waals surface area contributed by atoms with Gasteiger partial charge in [0.2, 0.25) is 0 Å². The van der Waals surface area contributed by atoms with Gasteiger partial charge in [-0.2, -0.15) is 5.26 Å². The number of halogens is 1. The van der Waals surface area contributed by atoms with Crippen LogP contribution >= 0.6 is 11.6 Å². The molecule has 5 heteroatoms. The molecule has 0 atom stereocenters. The highest BCUT2D eigenvalue weighted by atomic mass is 35.5. The van der Waals surface area contributed by atoms with Crippen LogP contribution in [0.15, 0.2) is 60.2 Å². The Morgan fingerprint density at radius 2 is 1.68 bits per heavy atom. The Bertz CT molecular complexity index is 1170. The van der Waals surface area contributed by atoms with E-state index in [1.54, 1.807) is 30.3 Å². The molecule has 0 fully saturated rings. The number of nitriles is 1. The Kier molecular flexibility index (Phi) is 6.38. The van der Waals surface area contributed by atoms with Gasteiger partial charge >= 0.3 is 0 Å². The van der Waals surface area contributed by atoms with E-state index in [0.717, 1.165) is 22.6 Å². The van der Waals surface area contributed by atoms with Crippen LogP contribution < -0.4 is 5.32 Å². The number of anilines is 1. The van der Waals surface area contributed by atoms with E-state index in [1.165, 1.54) is 5.56 Å². The molecule has 1 N–H and O–H groups in total. The quantitative estimate of drug-likeness (QED) is 0.374. The summed E-state index contributed by atoms with van der Waals surface area (Å²) in [5, 5.41) is 12.9. The maximum atomic E-state index is 12.6. The number of hydrogen-bond donors (Lipinski definition) is 1. The molecular weight excluding hydrogens is 406 g/mol. The molecular formula is C26H26ClN3O. The number of amides is 1. The van der Waals surface area contributed by atoms with Crippen LogP contribution in [0, 0.1) is 25.2 Å². The van der Waals surface area contributed by atoms with E-state index in [2.05, 4.69) is 54.9 Å². The number of hydrogen-bond acceptors (Lipinski definition) is 2. The molecule has 0 bridgehead atoms. The second kappa shape index (κ2) is 8.83. The number of nitrogens with one attached hydrogen (secondary N) is 1. The average molecular weight is 432 g/mol. The van der Waals surface area contributed by atoms with Crippen molar-refractivity contribution >= 4 is 29.3 Å².